The molecular formula is C2H4ClMgNO4. The molecule has 7 heteroatoms. The average Bonchev–Trinajstić information content (AvgIpc) is 1.64. The number of carbonyl (C=O) groups is 2. The summed E-state index contributed by atoms with van der Waals surface area (Å²) in [4.78, 5) is 19.1. The van der Waals surface area contributed by atoms with Crippen molar-refractivity contribution in [1.29, 1.82) is 0 Å². The summed E-state index contributed by atoms with van der Waals surface area (Å²) in [6.45, 7) is 0. The van der Waals surface area contributed by atoms with E-state index in [4.69, 9.17) is 10.2 Å². The van der Waals surface area contributed by atoms with E-state index in [0.717, 1.165) is 0 Å². The van der Waals surface area contributed by atoms with Crippen LogP contribution in [0.1, 0.15) is 0 Å². The molecule has 0 aliphatic rings. The highest BCUT2D eigenvalue weighted by Gasteiger charge is 2.15. The van der Waals surface area contributed by atoms with Crippen LogP contribution in [0.3, 0.4) is 0 Å². The standard InChI is InChI=1S/C2H2ClNO4.Mg.2H/c3-4(1(5)6)2(7)8;;;/h(H,5,6)(H,7,8);;;. The van der Waals surface area contributed by atoms with Crippen molar-refractivity contribution in [2.75, 3.05) is 0 Å². The van der Waals surface area contributed by atoms with Gasteiger partial charge < -0.3 is 10.2 Å². The van der Waals surface area contributed by atoms with E-state index in [2.05, 4.69) is 11.8 Å². The van der Waals surface area contributed by atoms with Gasteiger partial charge in [-0.2, -0.15) is 0 Å². The zero-order valence-corrected chi connectivity index (χ0v) is 4.29. The summed E-state index contributed by atoms with van der Waals surface area (Å²) in [6, 6.07) is 0. The van der Waals surface area contributed by atoms with Crippen molar-refractivity contribution >= 4 is 47.0 Å². The third-order valence-corrected chi connectivity index (χ3v) is 0.625. The molecule has 2 amide bonds. The summed E-state index contributed by atoms with van der Waals surface area (Å²) in [5, 5.41) is 15.5. The van der Waals surface area contributed by atoms with Crippen molar-refractivity contribution in [2.45, 2.75) is 0 Å². The first-order valence-corrected chi connectivity index (χ1v) is 1.81. The normalized spacial score (nSPS) is 7.22. The minimum Gasteiger partial charge on any atom is -0.464 e. The molecule has 0 atom stereocenters. The molecule has 2 N–H and O–H groups in total. The van der Waals surface area contributed by atoms with Gasteiger partial charge in [0.25, 0.3) is 0 Å². The minimum atomic E-state index is -1.71. The highest BCUT2D eigenvalue weighted by molar-refractivity contribution is 6.27. The van der Waals surface area contributed by atoms with Gasteiger partial charge in [0.15, 0.2) is 0 Å². The molecule has 0 rings (SSSR count). The summed E-state index contributed by atoms with van der Waals surface area (Å²) in [6.07, 6.45) is -3.42. The lowest BCUT2D eigenvalue weighted by molar-refractivity contribution is 0.149. The Balaban J connectivity index is 0. The van der Waals surface area contributed by atoms with E-state index in [1.54, 1.807) is 0 Å². The van der Waals surface area contributed by atoms with Crippen molar-refractivity contribution in [3.8, 4) is 0 Å². The monoisotopic (exact) mass is 165 g/mol. The molecule has 5 nitrogen and oxygen atoms in total. The van der Waals surface area contributed by atoms with E-state index in [-0.39, 0.29) is 27.5 Å². The fourth-order valence-corrected chi connectivity index (χ4v) is 0.0818. The first-order chi connectivity index (χ1) is 3.55. The van der Waals surface area contributed by atoms with E-state index >= 15 is 0 Å². The maximum atomic E-state index is 9.55. The van der Waals surface area contributed by atoms with Gasteiger partial charge in [0.2, 0.25) is 0 Å². The molecule has 0 aliphatic carbocycles. The second-order valence-electron chi connectivity index (χ2n) is 0.846. The van der Waals surface area contributed by atoms with Crippen LogP contribution < -0.4 is 0 Å². The Bertz CT molecular complexity index is 114. The molecule has 0 unspecified atom stereocenters. The summed E-state index contributed by atoms with van der Waals surface area (Å²) < 4.78 is -0.361. The molecule has 0 bridgehead atoms. The van der Waals surface area contributed by atoms with Crippen LogP contribution in [0, 0.1) is 0 Å². The molecule has 9 heavy (non-hydrogen) atoms. The van der Waals surface area contributed by atoms with Crippen LogP contribution in [0.15, 0.2) is 0 Å². The summed E-state index contributed by atoms with van der Waals surface area (Å²) in [7, 11) is 0. The van der Waals surface area contributed by atoms with Crippen LogP contribution in [0.2, 0.25) is 0 Å². The number of hydrogen-bond acceptors (Lipinski definition) is 2. The number of imide groups is 1. The fraction of sp³-hybridized carbons (Fsp3) is 0. The number of amides is 2. The van der Waals surface area contributed by atoms with Gasteiger partial charge in [-0.1, -0.05) is 0 Å². The van der Waals surface area contributed by atoms with E-state index in [1.807, 2.05) is 0 Å². The molecule has 0 aromatic carbocycles. The second-order valence-corrected chi connectivity index (χ2v) is 1.18. The lowest BCUT2D eigenvalue weighted by Gasteiger charge is -1.98. The van der Waals surface area contributed by atoms with E-state index in [9.17, 15) is 9.59 Å². The van der Waals surface area contributed by atoms with E-state index < -0.39 is 12.2 Å². The zero-order valence-electron chi connectivity index (χ0n) is 3.54. The quantitative estimate of drug-likeness (QED) is 0.388. The maximum Gasteiger partial charge on any atom is 0.432 e. The Labute approximate surface area is 71.5 Å². The third kappa shape index (κ3) is 4.31. The lowest BCUT2D eigenvalue weighted by Crippen LogP contribution is -2.24. The number of rotatable bonds is 0. The predicted molar refractivity (Wildman–Crippen MR) is 32.3 cm³/mol. The fourth-order valence-electron chi connectivity index (χ4n) is 0.0818. The maximum absolute atomic E-state index is 9.55. The molecular weight excluding hydrogens is 162 g/mol. The topological polar surface area (TPSA) is 77.8 Å². The number of hydrogen-bond donors (Lipinski definition) is 2. The van der Waals surface area contributed by atoms with Gasteiger partial charge in [0.1, 0.15) is 0 Å². The third-order valence-electron chi connectivity index (χ3n) is 0.336. The molecule has 0 radical (unpaired) electrons. The molecule has 0 fully saturated rings. The van der Waals surface area contributed by atoms with Crippen molar-refractivity contribution in [1.82, 2.24) is 4.42 Å². The van der Waals surface area contributed by atoms with E-state index in [0.29, 0.717) is 0 Å². The predicted octanol–water partition coefficient (Wildman–Crippen LogP) is -0.118. The van der Waals surface area contributed by atoms with Crippen molar-refractivity contribution < 1.29 is 19.8 Å². The van der Waals surface area contributed by atoms with Gasteiger partial charge >= 0.3 is 35.2 Å². The molecule has 0 saturated carbocycles. The Morgan fingerprint density at radius 1 is 1.22 bits per heavy atom. The lowest BCUT2D eigenvalue weighted by atomic mass is 11.0. The molecule has 0 heterocycles. The van der Waals surface area contributed by atoms with Gasteiger partial charge in [-0.25, -0.2) is 9.59 Å². The molecule has 0 aliphatic heterocycles. The highest BCUT2D eigenvalue weighted by atomic mass is 35.5. The van der Waals surface area contributed by atoms with Crippen molar-refractivity contribution in [2.24, 2.45) is 0 Å². The first kappa shape index (κ1) is 11.6. The molecule has 0 aromatic heterocycles. The second kappa shape index (κ2) is 4.65. The number of nitrogens with zero attached hydrogens (tertiary/aromatic N) is 1. The van der Waals surface area contributed by atoms with Gasteiger partial charge in [-0.15, -0.1) is 4.42 Å². The van der Waals surface area contributed by atoms with Gasteiger partial charge in [-0.3, -0.25) is 0 Å². The minimum absolute atomic E-state index is 0. The number of halogens is 1. The largest absolute Gasteiger partial charge is 0.464 e. The average molecular weight is 166 g/mol. The van der Waals surface area contributed by atoms with Crippen LogP contribution in [-0.2, 0) is 0 Å². The molecule has 0 aromatic rings. The number of carboxylic acid groups (broad SMARTS) is 2. The zero-order chi connectivity index (χ0) is 6.73. The van der Waals surface area contributed by atoms with Crippen molar-refractivity contribution in [3.63, 3.8) is 0 Å². The SMILES string of the molecule is O=C(O)N(Cl)C(=O)O.[MgH2]. The molecule has 0 spiro atoms. The molecule has 0 saturated heterocycles. The Kier molecular flexibility index (Phi) is 5.99. The Morgan fingerprint density at radius 3 is 1.44 bits per heavy atom. The van der Waals surface area contributed by atoms with Crippen LogP contribution >= 0.6 is 11.8 Å². The van der Waals surface area contributed by atoms with Gasteiger partial charge in [0.05, 0.1) is 0 Å². The first-order valence-electron chi connectivity index (χ1n) is 1.47. The van der Waals surface area contributed by atoms with Gasteiger partial charge in [0, 0.05) is 11.8 Å². The Hall–Kier alpha value is -0.204. The smallest absolute Gasteiger partial charge is 0.432 e. The molecule has 50 valence electrons. The summed E-state index contributed by atoms with van der Waals surface area (Å²) in [5.41, 5.74) is 0. The summed E-state index contributed by atoms with van der Waals surface area (Å²) in [5.74, 6) is 0. The summed E-state index contributed by atoms with van der Waals surface area (Å²) >= 11 is 4.58. The van der Waals surface area contributed by atoms with Gasteiger partial charge in [-0.05, 0) is 0 Å². The van der Waals surface area contributed by atoms with Crippen LogP contribution in [0.25, 0.3) is 0 Å². The van der Waals surface area contributed by atoms with Crippen LogP contribution in [0.5, 0.6) is 0 Å². The van der Waals surface area contributed by atoms with Crippen molar-refractivity contribution in [3.05, 3.63) is 0 Å². The highest BCUT2D eigenvalue weighted by Crippen LogP contribution is 1.93. The van der Waals surface area contributed by atoms with Crippen LogP contribution in [-0.4, -0.2) is 49.9 Å². The van der Waals surface area contributed by atoms with E-state index in [1.165, 1.54) is 0 Å². The Morgan fingerprint density at radius 2 is 1.44 bits per heavy atom. The van der Waals surface area contributed by atoms with Crippen LogP contribution in [0.4, 0.5) is 9.59 Å².